The minimum absolute atomic E-state index is 0. The van der Waals surface area contributed by atoms with Crippen LogP contribution in [0.4, 0.5) is 0 Å². The quantitative estimate of drug-likeness (QED) is 0.232. The summed E-state index contributed by atoms with van der Waals surface area (Å²) in [5.41, 5.74) is 4.01. The summed E-state index contributed by atoms with van der Waals surface area (Å²) in [5.74, 6) is 0. The van der Waals surface area contributed by atoms with E-state index in [0.717, 1.165) is 0 Å². The molecule has 1 aromatic heterocycles. The molecule has 0 aliphatic rings. The number of rotatable bonds is 1. The average molecular weight is 523 g/mol. The van der Waals surface area contributed by atoms with Gasteiger partial charge in [-0.2, -0.15) is 17.2 Å². The minimum atomic E-state index is 0. The first kappa shape index (κ1) is 22.9. The smallest absolute Gasteiger partial charge is 1.00 e. The van der Waals surface area contributed by atoms with Crippen molar-refractivity contribution in [2.24, 2.45) is 0 Å². The largest absolute Gasteiger partial charge is 4.00 e. The van der Waals surface area contributed by atoms with Crippen LogP contribution in [0.15, 0.2) is 79.1 Å². The maximum atomic E-state index is 2.20. The van der Waals surface area contributed by atoms with Gasteiger partial charge in [0, 0.05) is 12.4 Å². The Morgan fingerprint density at radius 2 is 1.58 bits per heavy atom. The summed E-state index contributed by atoms with van der Waals surface area (Å²) in [5, 5.41) is 2.60. The van der Waals surface area contributed by atoms with Crippen LogP contribution in [0.25, 0.3) is 16.5 Å². The maximum absolute atomic E-state index is 2.20. The van der Waals surface area contributed by atoms with Crippen LogP contribution in [-0.4, -0.2) is 4.57 Å². The molecule has 0 fully saturated rings. The van der Waals surface area contributed by atoms with Crippen LogP contribution in [0, 0.1) is 13.8 Å². The topological polar surface area (TPSA) is 4.93 Å². The molecule has 0 radical (unpaired) electrons. The molecular weight excluding hydrogens is 504 g/mol. The first-order valence-corrected chi connectivity index (χ1v) is 7.22. The number of hydrogen-bond acceptors (Lipinski definition) is 0. The third-order valence-electron chi connectivity index (χ3n) is 3.82. The molecule has 1 heterocycles. The minimum Gasteiger partial charge on any atom is -1.00 e. The number of halogens is 2. The van der Waals surface area contributed by atoms with Gasteiger partial charge < -0.3 is 29.4 Å². The fraction of sp³-hybridized carbons (Fsp3) is 0.100. The summed E-state index contributed by atoms with van der Waals surface area (Å²) in [7, 11) is 0. The van der Waals surface area contributed by atoms with Crippen molar-refractivity contribution in [2.75, 3.05) is 0 Å². The number of hydrogen-bond donors (Lipinski definition) is 0. The Labute approximate surface area is 175 Å². The van der Waals surface area contributed by atoms with Gasteiger partial charge in [-0.1, -0.05) is 19.9 Å². The third-order valence-corrected chi connectivity index (χ3v) is 3.82. The van der Waals surface area contributed by atoms with E-state index in [1.165, 1.54) is 27.6 Å². The van der Waals surface area contributed by atoms with Crippen molar-refractivity contribution in [3.63, 3.8) is 0 Å². The molecule has 0 saturated carbocycles. The predicted octanol–water partition coefficient (Wildman–Crippen LogP) is -0.623. The molecule has 4 rings (SSSR count). The van der Waals surface area contributed by atoms with Crippen molar-refractivity contribution < 1.29 is 50.7 Å². The van der Waals surface area contributed by atoms with E-state index in [2.05, 4.69) is 85.4 Å². The standard InChI is InChI=1S/C13H10N.C7H9.2ClH.Hf/c1-2-6-12-10-13(9-11(12)5-1)14-7-3-4-8-14;1-6-4-3-5-7(6)2;;;/h1-10H;3-5H,1-2H3;2*1H;/q2*-1;;;+4/p-2. The molecule has 0 amide bonds. The van der Waals surface area contributed by atoms with Gasteiger partial charge in [0.2, 0.25) is 0 Å². The molecule has 4 aromatic rings. The molecule has 0 spiro atoms. The first-order valence-electron chi connectivity index (χ1n) is 7.22. The van der Waals surface area contributed by atoms with Gasteiger partial charge in [-0.15, -0.1) is 41.1 Å². The molecule has 122 valence electrons. The zero-order chi connectivity index (χ0) is 14.7. The number of nitrogens with zero attached hydrogens (tertiary/aromatic N) is 1. The number of aryl methyl sites for hydroxylation is 2. The van der Waals surface area contributed by atoms with Gasteiger partial charge >= 0.3 is 25.8 Å². The second-order valence-corrected chi connectivity index (χ2v) is 5.32. The van der Waals surface area contributed by atoms with Gasteiger partial charge in [-0.3, -0.25) is 0 Å². The van der Waals surface area contributed by atoms with E-state index in [4.69, 9.17) is 0 Å². The Morgan fingerprint density at radius 1 is 0.917 bits per heavy atom. The SMILES string of the molecule is Cc1ccc[c-]1C.[Cl-].[Cl-].[Hf+4].c1ccc2[cH-]c(-n3cccc3)cc2c1. The predicted molar refractivity (Wildman–Crippen MR) is 90.4 cm³/mol. The van der Waals surface area contributed by atoms with Crippen molar-refractivity contribution in [1.29, 1.82) is 0 Å². The van der Waals surface area contributed by atoms with Crippen LogP contribution in [0.2, 0.25) is 0 Å². The summed E-state index contributed by atoms with van der Waals surface area (Å²) in [6.45, 7) is 4.24. The van der Waals surface area contributed by atoms with Gasteiger partial charge in [0.1, 0.15) is 0 Å². The monoisotopic (exact) mass is 523 g/mol. The second-order valence-electron chi connectivity index (χ2n) is 5.32. The normalized spacial score (nSPS) is 9.08. The van der Waals surface area contributed by atoms with Crippen molar-refractivity contribution in [1.82, 2.24) is 4.57 Å². The zero-order valence-electron chi connectivity index (χ0n) is 13.7. The van der Waals surface area contributed by atoms with E-state index < -0.39 is 0 Å². The van der Waals surface area contributed by atoms with Crippen LogP contribution < -0.4 is 24.8 Å². The van der Waals surface area contributed by atoms with Crippen LogP contribution in [0.3, 0.4) is 0 Å². The molecule has 3 aromatic carbocycles. The summed E-state index contributed by atoms with van der Waals surface area (Å²) in [4.78, 5) is 0. The number of aromatic nitrogens is 1. The Bertz CT molecular complexity index is 779. The molecule has 24 heavy (non-hydrogen) atoms. The van der Waals surface area contributed by atoms with Crippen LogP contribution >= 0.6 is 0 Å². The van der Waals surface area contributed by atoms with E-state index in [9.17, 15) is 0 Å². The number of fused-ring (bicyclic) bond motifs is 1. The fourth-order valence-electron chi connectivity index (χ4n) is 2.39. The molecule has 0 unspecified atom stereocenters. The summed E-state index contributed by atoms with van der Waals surface area (Å²) < 4.78 is 2.12. The Hall–Kier alpha value is -1.09. The molecule has 0 bridgehead atoms. The van der Waals surface area contributed by atoms with Gasteiger partial charge in [-0.25, -0.2) is 12.1 Å². The van der Waals surface area contributed by atoms with E-state index in [0.29, 0.717) is 0 Å². The van der Waals surface area contributed by atoms with Gasteiger partial charge in [0.15, 0.2) is 0 Å². The van der Waals surface area contributed by atoms with E-state index >= 15 is 0 Å². The molecular formula is C20H19Cl2HfN. The van der Waals surface area contributed by atoms with Crippen LogP contribution in [-0.2, 0) is 25.8 Å². The Morgan fingerprint density at radius 3 is 2.08 bits per heavy atom. The first-order chi connectivity index (χ1) is 10.2. The summed E-state index contributed by atoms with van der Waals surface area (Å²) in [6, 6.07) is 23.2. The maximum Gasteiger partial charge on any atom is 4.00 e. The molecule has 4 heteroatoms. The van der Waals surface area contributed by atoms with Crippen LogP contribution in [0.1, 0.15) is 11.1 Å². The molecule has 0 N–H and O–H groups in total. The van der Waals surface area contributed by atoms with Crippen molar-refractivity contribution >= 4 is 10.8 Å². The van der Waals surface area contributed by atoms with Gasteiger partial charge in [0.05, 0.1) is 0 Å². The number of benzene rings is 1. The van der Waals surface area contributed by atoms with E-state index in [1.54, 1.807) is 0 Å². The van der Waals surface area contributed by atoms with Crippen molar-refractivity contribution in [3.05, 3.63) is 90.3 Å². The fourth-order valence-corrected chi connectivity index (χ4v) is 2.39. The molecule has 1 nitrogen and oxygen atoms in total. The molecule has 0 saturated heterocycles. The van der Waals surface area contributed by atoms with Crippen LogP contribution in [0.5, 0.6) is 0 Å². The van der Waals surface area contributed by atoms with E-state index in [1.807, 2.05) is 12.1 Å². The van der Waals surface area contributed by atoms with Gasteiger partial charge in [-0.05, 0) is 17.8 Å². The molecule has 0 aliphatic carbocycles. The van der Waals surface area contributed by atoms with E-state index in [-0.39, 0.29) is 50.7 Å². The molecule has 0 atom stereocenters. The zero-order valence-corrected chi connectivity index (χ0v) is 18.8. The average Bonchev–Trinajstić information content (AvgIpc) is 3.21. The van der Waals surface area contributed by atoms with Gasteiger partial charge in [0.25, 0.3) is 0 Å². The Kier molecular flexibility index (Phi) is 10.2. The van der Waals surface area contributed by atoms with Crippen molar-refractivity contribution in [3.8, 4) is 5.69 Å². The Balaban J connectivity index is 0.000000463. The van der Waals surface area contributed by atoms with Crippen molar-refractivity contribution in [2.45, 2.75) is 13.8 Å². The second kappa shape index (κ2) is 10.7. The molecule has 0 aliphatic heterocycles. The summed E-state index contributed by atoms with van der Waals surface area (Å²) in [6.07, 6.45) is 4.13. The third kappa shape index (κ3) is 5.47. The summed E-state index contributed by atoms with van der Waals surface area (Å²) >= 11 is 0.